The number of morpholine rings is 1. The Hall–Kier alpha value is -1.79. The zero-order valence-electron chi connectivity index (χ0n) is 11.7. The molecule has 6 nitrogen and oxygen atoms in total. The van der Waals surface area contributed by atoms with Crippen molar-refractivity contribution in [2.45, 2.75) is 26.4 Å². The van der Waals surface area contributed by atoms with E-state index in [1.54, 1.807) is 0 Å². The van der Waals surface area contributed by atoms with Crippen molar-refractivity contribution < 1.29 is 9.26 Å². The van der Waals surface area contributed by atoms with Gasteiger partial charge in [0.1, 0.15) is 6.04 Å². The van der Waals surface area contributed by atoms with E-state index in [-0.39, 0.29) is 6.04 Å². The van der Waals surface area contributed by atoms with Gasteiger partial charge in [-0.25, -0.2) is 0 Å². The first-order valence-corrected chi connectivity index (χ1v) is 6.76. The molecule has 2 aromatic rings. The Labute approximate surface area is 117 Å². The summed E-state index contributed by atoms with van der Waals surface area (Å²) in [7, 11) is 0. The van der Waals surface area contributed by atoms with Gasteiger partial charge in [0.2, 0.25) is 5.89 Å². The minimum Gasteiger partial charge on any atom is -0.378 e. The second-order valence-electron chi connectivity index (χ2n) is 5.07. The normalized spacial score (nSPS) is 20.2. The predicted molar refractivity (Wildman–Crippen MR) is 72.0 cm³/mol. The number of aromatic nitrogens is 3. The third kappa shape index (κ3) is 2.86. The summed E-state index contributed by atoms with van der Waals surface area (Å²) in [6, 6.07) is 4.14. The van der Waals surface area contributed by atoms with Crippen LogP contribution in [0.4, 0.5) is 0 Å². The Morgan fingerprint density at radius 2 is 2.25 bits per heavy atom. The van der Waals surface area contributed by atoms with E-state index < -0.39 is 0 Å². The van der Waals surface area contributed by atoms with Crippen LogP contribution in [0, 0.1) is 13.8 Å². The van der Waals surface area contributed by atoms with E-state index in [1.807, 2.05) is 20.0 Å². The summed E-state index contributed by atoms with van der Waals surface area (Å²) in [6.45, 7) is 6.75. The Bertz CT molecular complexity index is 567. The highest BCUT2D eigenvalue weighted by atomic mass is 16.5. The van der Waals surface area contributed by atoms with Crippen molar-refractivity contribution in [1.29, 1.82) is 0 Å². The summed E-state index contributed by atoms with van der Waals surface area (Å²) in [5.41, 5.74) is 2.21. The van der Waals surface area contributed by atoms with Crippen molar-refractivity contribution in [3.63, 3.8) is 0 Å². The molecule has 106 valence electrons. The van der Waals surface area contributed by atoms with E-state index in [4.69, 9.17) is 9.26 Å². The average Bonchev–Trinajstić information content (AvgIpc) is 2.88. The van der Waals surface area contributed by atoms with Gasteiger partial charge in [0, 0.05) is 19.3 Å². The lowest BCUT2D eigenvalue weighted by Gasteiger charge is -2.32. The van der Waals surface area contributed by atoms with Gasteiger partial charge in [0.05, 0.1) is 18.9 Å². The fourth-order valence-corrected chi connectivity index (χ4v) is 2.30. The summed E-state index contributed by atoms with van der Waals surface area (Å²) in [5.74, 6) is 1.27. The van der Waals surface area contributed by atoms with Crippen LogP contribution in [0.3, 0.4) is 0 Å². The quantitative estimate of drug-likeness (QED) is 0.848. The molecule has 0 aromatic carbocycles. The molecule has 3 rings (SSSR count). The van der Waals surface area contributed by atoms with E-state index in [9.17, 15) is 0 Å². The van der Waals surface area contributed by atoms with Crippen LogP contribution >= 0.6 is 0 Å². The Kier molecular flexibility index (Phi) is 3.75. The maximum Gasteiger partial charge on any atom is 0.246 e. The molecule has 6 heteroatoms. The molecular formula is C14H18N4O2. The molecule has 0 N–H and O–H groups in total. The number of ether oxygens (including phenoxy) is 1. The van der Waals surface area contributed by atoms with Crippen molar-refractivity contribution in [3.05, 3.63) is 41.3 Å². The van der Waals surface area contributed by atoms with Crippen LogP contribution in [0.5, 0.6) is 0 Å². The summed E-state index contributed by atoms with van der Waals surface area (Å²) in [4.78, 5) is 11.0. The highest BCUT2D eigenvalue weighted by Gasteiger charge is 2.29. The lowest BCUT2D eigenvalue weighted by atomic mass is 10.2. The van der Waals surface area contributed by atoms with Gasteiger partial charge in [0.25, 0.3) is 0 Å². The van der Waals surface area contributed by atoms with Crippen molar-refractivity contribution >= 4 is 0 Å². The molecule has 0 spiro atoms. The van der Waals surface area contributed by atoms with Gasteiger partial charge in [-0.15, -0.1) is 0 Å². The molecule has 0 radical (unpaired) electrons. The van der Waals surface area contributed by atoms with Gasteiger partial charge >= 0.3 is 0 Å². The van der Waals surface area contributed by atoms with E-state index in [2.05, 4.69) is 32.2 Å². The predicted octanol–water partition coefficient (Wildman–Crippen LogP) is 1.65. The van der Waals surface area contributed by atoms with Crippen molar-refractivity contribution in [2.75, 3.05) is 19.8 Å². The molecular weight excluding hydrogens is 256 g/mol. The number of rotatable bonds is 3. The minimum absolute atomic E-state index is 0.00746. The Morgan fingerprint density at radius 3 is 2.95 bits per heavy atom. The number of hydrogen-bond donors (Lipinski definition) is 0. The maximum absolute atomic E-state index is 5.54. The van der Waals surface area contributed by atoms with E-state index in [0.29, 0.717) is 18.3 Å². The standard InChI is InChI=1S/C14H18N4O2/c1-10-3-4-12(15-7-10)8-18-5-6-19-9-13(18)14-16-11(2)17-20-14/h3-4,7,13H,5-6,8-9H2,1-2H3/t13-/m1/s1. The molecule has 0 bridgehead atoms. The van der Waals surface area contributed by atoms with Crippen LogP contribution in [-0.4, -0.2) is 39.8 Å². The highest BCUT2D eigenvalue weighted by Crippen LogP contribution is 2.24. The molecule has 20 heavy (non-hydrogen) atoms. The average molecular weight is 274 g/mol. The number of aryl methyl sites for hydroxylation is 2. The Balaban J connectivity index is 1.77. The molecule has 0 amide bonds. The summed E-state index contributed by atoms with van der Waals surface area (Å²) >= 11 is 0. The number of pyridine rings is 1. The zero-order chi connectivity index (χ0) is 13.9. The summed E-state index contributed by atoms with van der Waals surface area (Å²) < 4.78 is 10.8. The third-order valence-corrected chi connectivity index (χ3v) is 3.41. The lowest BCUT2D eigenvalue weighted by Crippen LogP contribution is -2.39. The van der Waals surface area contributed by atoms with Crippen LogP contribution in [0.25, 0.3) is 0 Å². The van der Waals surface area contributed by atoms with Crippen LogP contribution in [-0.2, 0) is 11.3 Å². The fourth-order valence-electron chi connectivity index (χ4n) is 2.30. The topological polar surface area (TPSA) is 64.3 Å². The molecule has 0 unspecified atom stereocenters. The van der Waals surface area contributed by atoms with Crippen molar-refractivity contribution in [2.24, 2.45) is 0 Å². The molecule has 2 aromatic heterocycles. The van der Waals surface area contributed by atoms with Crippen LogP contribution in [0.15, 0.2) is 22.9 Å². The smallest absolute Gasteiger partial charge is 0.246 e. The minimum atomic E-state index is 0.00746. The van der Waals surface area contributed by atoms with Gasteiger partial charge in [-0.2, -0.15) is 4.98 Å². The van der Waals surface area contributed by atoms with E-state index >= 15 is 0 Å². The monoisotopic (exact) mass is 274 g/mol. The number of nitrogens with zero attached hydrogens (tertiary/aromatic N) is 4. The molecule has 1 saturated heterocycles. The van der Waals surface area contributed by atoms with Gasteiger partial charge in [-0.1, -0.05) is 11.2 Å². The first-order chi connectivity index (χ1) is 9.72. The number of hydrogen-bond acceptors (Lipinski definition) is 6. The highest BCUT2D eigenvalue weighted by molar-refractivity contribution is 5.12. The first-order valence-electron chi connectivity index (χ1n) is 6.76. The first kappa shape index (κ1) is 13.2. The van der Waals surface area contributed by atoms with Gasteiger partial charge in [-0.05, 0) is 25.5 Å². The zero-order valence-corrected chi connectivity index (χ0v) is 11.7. The third-order valence-electron chi connectivity index (χ3n) is 3.41. The van der Waals surface area contributed by atoms with Gasteiger partial charge in [0.15, 0.2) is 5.82 Å². The van der Waals surface area contributed by atoms with E-state index in [0.717, 1.165) is 25.4 Å². The largest absolute Gasteiger partial charge is 0.378 e. The maximum atomic E-state index is 5.54. The van der Waals surface area contributed by atoms with Crippen molar-refractivity contribution in [1.82, 2.24) is 20.0 Å². The molecule has 0 saturated carbocycles. The molecule has 1 atom stereocenters. The fraction of sp³-hybridized carbons (Fsp3) is 0.500. The van der Waals surface area contributed by atoms with Crippen LogP contribution in [0.2, 0.25) is 0 Å². The molecule has 1 aliphatic rings. The molecule has 3 heterocycles. The lowest BCUT2D eigenvalue weighted by molar-refractivity contribution is -0.0246. The van der Waals surface area contributed by atoms with Crippen molar-refractivity contribution in [3.8, 4) is 0 Å². The van der Waals surface area contributed by atoms with Crippen LogP contribution < -0.4 is 0 Å². The van der Waals surface area contributed by atoms with Gasteiger partial charge in [-0.3, -0.25) is 9.88 Å². The molecule has 0 aliphatic carbocycles. The molecule has 1 fully saturated rings. The summed E-state index contributed by atoms with van der Waals surface area (Å²) in [5, 5.41) is 3.86. The molecule has 1 aliphatic heterocycles. The SMILES string of the molecule is Cc1ccc(CN2CCOC[C@@H]2c2nc(C)no2)nc1. The summed E-state index contributed by atoms with van der Waals surface area (Å²) in [6.07, 6.45) is 1.89. The second-order valence-corrected chi connectivity index (χ2v) is 5.07. The second kappa shape index (κ2) is 5.68. The van der Waals surface area contributed by atoms with Crippen LogP contribution in [0.1, 0.15) is 29.0 Å². The Morgan fingerprint density at radius 1 is 1.35 bits per heavy atom. The van der Waals surface area contributed by atoms with Gasteiger partial charge < -0.3 is 9.26 Å². The van der Waals surface area contributed by atoms with E-state index in [1.165, 1.54) is 5.56 Å².